The number of rotatable bonds is 5. The van der Waals surface area contributed by atoms with Gasteiger partial charge in [-0.25, -0.2) is 9.97 Å². The molecular formula is C15H13N3O2S2. The van der Waals surface area contributed by atoms with Crippen molar-refractivity contribution in [3.8, 4) is 11.5 Å². The molecule has 0 aliphatic heterocycles. The van der Waals surface area contributed by atoms with Crippen LogP contribution < -0.4 is 5.32 Å². The van der Waals surface area contributed by atoms with Gasteiger partial charge < -0.3 is 4.42 Å². The molecule has 5 nitrogen and oxygen atoms in total. The molecule has 1 N–H and O–H groups in total. The van der Waals surface area contributed by atoms with E-state index in [4.69, 9.17) is 4.42 Å². The summed E-state index contributed by atoms with van der Waals surface area (Å²) in [5, 5.41) is 6.05. The fraction of sp³-hybridized carbons (Fsp3) is 0.133. The molecule has 3 heterocycles. The summed E-state index contributed by atoms with van der Waals surface area (Å²) in [5.41, 5.74) is 1.22. The van der Waals surface area contributed by atoms with Gasteiger partial charge in [-0.05, 0) is 30.0 Å². The van der Waals surface area contributed by atoms with E-state index in [0.717, 1.165) is 10.8 Å². The zero-order valence-corrected chi connectivity index (χ0v) is 13.4. The molecule has 0 bridgehead atoms. The van der Waals surface area contributed by atoms with E-state index in [-0.39, 0.29) is 5.91 Å². The Kier molecular flexibility index (Phi) is 4.55. The van der Waals surface area contributed by atoms with E-state index in [0.29, 0.717) is 22.1 Å². The summed E-state index contributed by atoms with van der Waals surface area (Å²) < 4.78 is 5.28. The van der Waals surface area contributed by atoms with E-state index in [1.807, 2.05) is 17.5 Å². The molecule has 112 valence electrons. The lowest BCUT2D eigenvalue weighted by Crippen LogP contribution is -2.11. The maximum absolute atomic E-state index is 12.2. The van der Waals surface area contributed by atoms with Crippen LogP contribution in [0.1, 0.15) is 17.3 Å². The summed E-state index contributed by atoms with van der Waals surface area (Å²) in [4.78, 5) is 20.7. The summed E-state index contributed by atoms with van der Waals surface area (Å²) in [6.07, 6.45) is 3.17. The van der Waals surface area contributed by atoms with Crippen LogP contribution in [0.5, 0.6) is 0 Å². The van der Waals surface area contributed by atoms with Crippen molar-refractivity contribution in [1.82, 2.24) is 9.97 Å². The van der Waals surface area contributed by atoms with E-state index in [1.54, 1.807) is 36.4 Å². The first-order valence-corrected chi connectivity index (χ1v) is 8.52. The highest BCUT2D eigenvalue weighted by atomic mass is 32.2. The average molecular weight is 331 g/mol. The fourth-order valence-corrected chi connectivity index (χ4v) is 3.07. The third-order valence-corrected chi connectivity index (χ3v) is 4.37. The number of hydrogen-bond donors (Lipinski definition) is 1. The van der Waals surface area contributed by atoms with E-state index in [2.05, 4.69) is 22.2 Å². The zero-order valence-electron chi connectivity index (χ0n) is 11.8. The molecule has 22 heavy (non-hydrogen) atoms. The van der Waals surface area contributed by atoms with Gasteiger partial charge in [0.1, 0.15) is 5.69 Å². The summed E-state index contributed by atoms with van der Waals surface area (Å²) in [7, 11) is 0. The van der Waals surface area contributed by atoms with E-state index in [9.17, 15) is 4.79 Å². The normalized spacial score (nSPS) is 10.6. The van der Waals surface area contributed by atoms with Crippen molar-refractivity contribution in [2.24, 2.45) is 0 Å². The Morgan fingerprint density at radius 1 is 1.41 bits per heavy atom. The Morgan fingerprint density at radius 3 is 3.00 bits per heavy atom. The summed E-state index contributed by atoms with van der Waals surface area (Å²) in [5.74, 6) is 1.41. The first kappa shape index (κ1) is 14.8. The van der Waals surface area contributed by atoms with Gasteiger partial charge in [0.2, 0.25) is 0 Å². The number of carbonyl (C=O) groups is 1. The summed E-state index contributed by atoms with van der Waals surface area (Å²) >= 11 is 2.99. The second-order valence-corrected chi connectivity index (χ2v) is 6.43. The molecule has 0 atom stereocenters. The summed E-state index contributed by atoms with van der Waals surface area (Å²) in [6.45, 7) is 2.06. The minimum absolute atomic E-state index is 0.221. The van der Waals surface area contributed by atoms with Gasteiger partial charge in [-0.3, -0.25) is 10.1 Å². The second kappa shape index (κ2) is 6.76. The number of nitrogens with zero attached hydrogens (tertiary/aromatic N) is 2. The molecule has 3 rings (SSSR count). The number of thiazole rings is 1. The lowest BCUT2D eigenvalue weighted by atomic mass is 10.3. The Morgan fingerprint density at radius 2 is 2.32 bits per heavy atom. The highest BCUT2D eigenvalue weighted by Gasteiger charge is 2.11. The minimum Gasteiger partial charge on any atom is -0.463 e. The van der Waals surface area contributed by atoms with Gasteiger partial charge in [0, 0.05) is 11.6 Å². The molecule has 0 fully saturated rings. The second-order valence-electron chi connectivity index (χ2n) is 4.29. The molecule has 3 aromatic rings. The van der Waals surface area contributed by atoms with Crippen molar-refractivity contribution in [3.05, 3.63) is 47.7 Å². The Bertz CT molecular complexity index is 751. The smallest absolute Gasteiger partial charge is 0.259 e. The van der Waals surface area contributed by atoms with E-state index >= 15 is 0 Å². The van der Waals surface area contributed by atoms with Crippen molar-refractivity contribution in [1.29, 1.82) is 0 Å². The first-order chi connectivity index (χ1) is 10.8. The SMILES string of the molecule is CCSc1ccc(C(=O)Nc2nc(-c3ccco3)cs2)cn1. The third kappa shape index (κ3) is 3.37. The highest BCUT2D eigenvalue weighted by Crippen LogP contribution is 2.25. The molecule has 1 amide bonds. The van der Waals surface area contributed by atoms with Gasteiger partial charge in [-0.1, -0.05) is 6.92 Å². The van der Waals surface area contributed by atoms with Crippen LogP contribution in [0, 0.1) is 0 Å². The van der Waals surface area contributed by atoms with Crippen LogP contribution in [-0.4, -0.2) is 21.6 Å². The molecule has 0 saturated carbocycles. The molecule has 0 saturated heterocycles. The van der Waals surface area contributed by atoms with Crippen LogP contribution in [-0.2, 0) is 0 Å². The lowest BCUT2D eigenvalue weighted by molar-refractivity contribution is 0.102. The van der Waals surface area contributed by atoms with Crippen LogP contribution in [0.25, 0.3) is 11.5 Å². The summed E-state index contributed by atoms with van der Waals surface area (Å²) in [6, 6.07) is 7.24. The average Bonchev–Trinajstić information content (AvgIpc) is 3.19. The number of thioether (sulfide) groups is 1. The molecule has 0 unspecified atom stereocenters. The molecule has 0 aromatic carbocycles. The molecule has 0 spiro atoms. The van der Waals surface area contributed by atoms with Crippen LogP contribution in [0.15, 0.2) is 51.5 Å². The van der Waals surface area contributed by atoms with Crippen molar-refractivity contribution in [2.75, 3.05) is 11.1 Å². The zero-order chi connectivity index (χ0) is 15.4. The Labute approximate surface area is 135 Å². The molecule has 0 aliphatic carbocycles. The minimum atomic E-state index is -0.221. The molecule has 0 radical (unpaired) electrons. The van der Waals surface area contributed by atoms with Crippen LogP contribution >= 0.6 is 23.1 Å². The van der Waals surface area contributed by atoms with Crippen molar-refractivity contribution in [3.63, 3.8) is 0 Å². The lowest BCUT2D eigenvalue weighted by Gasteiger charge is -2.02. The monoisotopic (exact) mass is 331 g/mol. The van der Waals surface area contributed by atoms with Gasteiger partial charge in [-0.15, -0.1) is 23.1 Å². The number of aromatic nitrogens is 2. The standard InChI is InChI=1S/C15H13N3O2S2/c1-2-21-13-6-5-10(8-16-13)14(19)18-15-17-11(9-22-15)12-4-3-7-20-12/h3-9H,2H2,1H3,(H,17,18,19). The fourth-order valence-electron chi connectivity index (χ4n) is 1.79. The predicted octanol–water partition coefficient (Wildman–Crippen LogP) is 4.16. The number of carbonyl (C=O) groups excluding carboxylic acids is 1. The van der Waals surface area contributed by atoms with Crippen molar-refractivity contribution >= 4 is 34.1 Å². The van der Waals surface area contributed by atoms with Gasteiger partial charge in [-0.2, -0.15) is 0 Å². The number of amides is 1. The number of furan rings is 1. The van der Waals surface area contributed by atoms with Crippen LogP contribution in [0.4, 0.5) is 5.13 Å². The maximum Gasteiger partial charge on any atom is 0.259 e. The third-order valence-electron chi connectivity index (χ3n) is 2.79. The largest absolute Gasteiger partial charge is 0.463 e. The number of nitrogens with one attached hydrogen (secondary N) is 1. The topological polar surface area (TPSA) is 68.0 Å². The number of hydrogen-bond acceptors (Lipinski definition) is 6. The van der Waals surface area contributed by atoms with Crippen LogP contribution in [0.3, 0.4) is 0 Å². The molecule has 3 aromatic heterocycles. The quantitative estimate of drug-likeness (QED) is 0.711. The van der Waals surface area contributed by atoms with Crippen LogP contribution in [0.2, 0.25) is 0 Å². The Balaban J connectivity index is 1.69. The van der Waals surface area contributed by atoms with Gasteiger partial charge >= 0.3 is 0 Å². The maximum atomic E-state index is 12.2. The predicted molar refractivity (Wildman–Crippen MR) is 88.4 cm³/mol. The Hall–Kier alpha value is -2.12. The molecule has 0 aliphatic rings. The van der Waals surface area contributed by atoms with Gasteiger partial charge in [0.05, 0.1) is 16.9 Å². The van der Waals surface area contributed by atoms with Gasteiger partial charge in [0.15, 0.2) is 10.9 Å². The molecule has 7 heteroatoms. The molecular weight excluding hydrogens is 318 g/mol. The highest BCUT2D eigenvalue weighted by molar-refractivity contribution is 7.99. The number of pyridine rings is 1. The first-order valence-electron chi connectivity index (χ1n) is 6.66. The van der Waals surface area contributed by atoms with Gasteiger partial charge in [0.25, 0.3) is 5.91 Å². The van der Waals surface area contributed by atoms with Crippen molar-refractivity contribution in [2.45, 2.75) is 11.9 Å². The number of anilines is 1. The van der Waals surface area contributed by atoms with E-state index in [1.165, 1.54) is 11.3 Å². The van der Waals surface area contributed by atoms with E-state index < -0.39 is 0 Å². The van der Waals surface area contributed by atoms with Crippen molar-refractivity contribution < 1.29 is 9.21 Å².